The summed E-state index contributed by atoms with van der Waals surface area (Å²) in [5.74, 6) is 2.08. The Hall–Kier alpha value is -0.570. The smallest absolute Gasteiger partial charge is 0.226 e. The number of carbonyl (C=O) groups is 1. The van der Waals surface area contributed by atoms with Crippen molar-refractivity contribution in [3.05, 3.63) is 0 Å². The number of nitrogens with one attached hydrogen (secondary N) is 1. The summed E-state index contributed by atoms with van der Waals surface area (Å²) in [6.07, 6.45) is 6.52. The van der Waals surface area contributed by atoms with Crippen LogP contribution in [0.3, 0.4) is 0 Å². The molecular weight excluding hydrogens is 212 g/mol. The van der Waals surface area contributed by atoms with E-state index in [2.05, 4.69) is 17.1 Å². The molecule has 3 rings (SSSR count). The van der Waals surface area contributed by atoms with Gasteiger partial charge in [0.2, 0.25) is 5.91 Å². The van der Waals surface area contributed by atoms with Crippen molar-refractivity contribution in [2.45, 2.75) is 45.1 Å². The van der Waals surface area contributed by atoms with Gasteiger partial charge in [-0.2, -0.15) is 0 Å². The highest BCUT2D eigenvalue weighted by Gasteiger charge is 2.40. The molecule has 17 heavy (non-hydrogen) atoms. The van der Waals surface area contributed by atoms with E-state index in [1.165, 1.54) is 32.1 Å². The predicted molar refractivity (Wildman–Crippen MR) is 67.6 cm³/mol. The second kappa shape index (κ2) is 4.60. The Kier molecular flexibility index (Phi) is 3.12. The average molecular weight is 236 g/mol. The van der Waals surface area contributed by atoms with Gasteiger partial charge in [0.05, 0.1) is 0 Å². The minimum atomic E-state index is 0.232. The van der Waals surface area contributed by atoms with E-state index in [9.17, 15) is 4.79 Å². The van der Waals surface area contributed by atoms with Gasteiger partial charge in [-0.3, -0.25) is 4.79 Å². The number of hydrogen-bond donors (Lipinski definition) is 1. The van der Waals surface area contributed by atoms with Crippen LogP contribution in [0.5, 0.6) is 0 Å². The lowest BCUT2D eigenvalue weighted by atomic mass is 9.85. The van der Waals surface area contributed by atoms with Crippen molar-refractivity contribution >= 4 is 5.91 Å². The number of likely N-dealkylation sites (tertiary alicyclic amines) is 1. The first kappa shape index (κ1) is 11.5. The second-order valence-electron chi connectivity index (χ2n) is 6.14. The van der Waals surface area contributed by atoms with Crippen LogP contribution in [0.25, 0.3) is 0 Å². The molecule has 0 radical (unpaired) electrons. The maximum Gasteiger partial charge on any atom is 0.226 e. The molecule has 3 heteroatoms. The zero-order chi connectivity index (χ0) is 11.8. The molecule has 1 N–H and O–H groups in total. The summed E-state index contributed by atoms with van der Waals surface area (Å²) < 4.78 is 0. The highest BCUT2D eigenvalue weighted by atomic mass is 16.2. The summed E-state index contributed by atoms with van der Waals surface area (Å²) in [5, 5.41) is 3.28. The van der Waals surface area contributed by atoms with E-state index < -0.39 is 0 Å². The van der Waals surface area contributed by atoms with Crippen molar-refractivity contribution < 1.29 is 4.79 Å². The zero-order valence-electron chi connectivity index (χ0n) is 10.8. The van der Waals surface area contributed by atoms with Crippen LogP contribution in [0.2, 0.25) is 0 Å². The summed E-state index contributed by atoms with van der Waals surface area (Å²) in [7, 11) is 0. The fraction of sp³-hybridized carbons (Fsp3) is 0.929. The lowest BCUT2D eigenvalue weighted by Gasteiger charge is -2.41. The summed E-state index contributed by atoms with van der Waals surface area (Å²) in [6.45, 7) is 5.22. The molecule has 0 aromatic carbocycles. The van der Waals surface area contributed by atoms with E-state index in [-0.39, 0.29) is 5.92 Å². The van der Waals surface area contributed by atoms with Crippen LogP contribution in [0, 0.1) is 17.8 Å². The van der Waals surface area contributed by atoms with Crippen molar-refractivity contribution in [3.8, 4) is 0 Å². The maximum absolute atomic E-state index is 12.6. The Balaban J connectivity index is 1.67. The topological polar surface area (TPSA) is 32.3 Å². The van der Waals surface area contributed by atoms with Crippen molar-refractivity contribution in [3.63, 3.8) is 0 Å². The Labute approximate surface area is 104 Å². The van der Waals surface area contributed by atoms with Gasteiger partial charge < -0.3 is 10.2 Å². The fourth-order valence-corrected chi connectivity index (χ4v) is 3.86. The van der Waals surface area contributed by atoms with E-state index >= 15 is 0 Å². The Morgan fingerprint density at radius 1 is 1.24 bits per heavy atom. The van der Waals surface area contributed by atoms with Crippen LogP contribution in [0.15, 0.2) is 0 Å². The first-order valence-electron chi connectivity index (χ1n) is 7.28. The Bertz CT molecular complexity index is 301. The zero-order valence-corrected chi connectivity index (χ0v) is 10.8. The predicted octanol–water partition coefficient (Wildman–Crippen LogP) is 1.63. The SMILES string of the molecule is CC(C(=O)N1CCCC2CCCC21)C1CNC1. The fourth-order valence-electron chi connectivity index (χ4n) is 3.86. The number of amides is 1. The van der Waals surface area contributed by atoms with Gasteiger partial charge in [-0.25, -0.2) is 0 Å². The van der Waals surface area contributed by atoms with Gasteiger partial charge in [-0.15, -0.1) is 0 Å². The highest BCUT2D eigenvalue weighted by Crippen LogP contribution is 2.37. The van der Waals surface area contributed by atoms with E-state index in [0.717, 1.165) is 25.6 Å². The van der Waals surface area contributed by atoms with Crippen LogP contribution in [-0.2, 0) is 4.79 Å². The molecule has 3 nitrogen and oxygen atoms in total. The number of nitrogens with zero attached hydrogens (tertiary/aromatic N) is 1. The third-order valence-electron chi connectivity index (χ3n) is 5.19. The summed E-state index contributed by atoms with van der Waals surface area (Å²) in [5.41, 5.74) is 0. The highest BCUT2D eigenvalue weighted by molar-refractivity contribution is 5.79. The lowest BCUT2D eigenvalue weighted by molar-refractivity contribution is -0.142. The van der Waals surface area contributed by atoms with Gasteiger partial charge in [0.25, 0.3) is 0 Å². The third kappa shape index (κ3) is 1.99. The van der Waals surface area contributed by atoms with Gasteiger partial charge in [-0.05, 0) is 50.6 Å². The van der Waals surface area contributed by atoms with Gasteiger partial charge in [0.1, 0.15) is 0 Å². The average Bonchev–Trinajstić information content (AvgIpc) is 2.73. The number of piperidine rings is 1. The Morgan fingerprint density at radius 3 is 2.71 bits per heavy atom. The molecule has 3 unspecified atom stereocenters. The maximum atomic E-state index is 12.6. The molecular formula is C14H24N2O. The van der Waals surface area contributed by atoms with E-state index in [1.54, 1.807) is 0 Å². The minimum absolute atomic E-state index is 0.232. The van der Waals surface area contributed by atoms with E-state index in [1.807, 2.05) is 0 Å². The normalized spacial score (nSPS) is 35.2. The molecule has 1 amide bonds. The summed E-state index contributed by atoms with van der Waals surface area (Å²) in [6, 6.07) is 0.590. The molecule has 2 saturated heterocycles. The van der Waals surface area contributed by atoms with Crippen LogP contribution >= 0.6 is 0 Å². The molecule has 0 aromatic rings. The number of hydrogen-bond acceptors (Lipinski definition) is 2. The van der Waals surface area contributed by atoms with Crippen LogP contribution < -0.4 is 5.32 Å². The molecule has 3 fully saturated rings. The summed E-state index contributed by atoms with van der Waals surface area (Å²) >= 11 is 0. The van der Waals surface area contributed by atoms with Crippen molar-refractivity contribution in [1.29, 1.82) is 0 Å². The van der Waals surface area contributed by atoms with Crippen molar-refractivity contribution in [2.24, 2.45) is 17.8 Å². The largest absolute Gasteiger partial charge is 0.339 e. The first-order valence-corrected chi connectivity index (χ1v) is 7.28. The first-order chi connectivity index (χ1) is 8.27. The number of carbonyl (C=O) groups excluding carboxylic acids is 1. The molecule has 0 spiro atoms. The molecule has 96 valence electrons. The van der Waals surface area contributed by atoms with Crippen LogP contribution in [0.1, 0.15) is 39.0 Å². The van der Waals surface area contributed by atoms with Gasteiger partial charge in [-0.1, -0.05) is 13.3 Å². The molecule has 1 saturated carbocycles. The number of rotatable bonds is 2. The molecule has 2 aliphatic heterocycles. The van der Waals surface area contributed by atoms with Gasteiger partial charge in [0, 0.05) is 18.5 Å². The second-order valence-corrected chi connectivity index (χ2v) is 6.14. The third-order valence-corrected chi connectivity index (χ3v) is 5.19. The summed E-state index contributed by atoms with van der Waals surface area (Å²) in [4.78, 5) is 14.8. The standard InChI is InChI=1S/C14H24N2O/c1-10(12-8-15-9-12)14(17)16-7-3-5-11-4-2-6-13(11)16/h10-13,15H,2-9H2,1H3. The van der Waals surface area contributed by atoms with E-state index in [4.69, 9.17) is 0 Å². The Morgan fingerprint density at radius 2 is 2.00 bits per heavy atom. The van der Waals surface area contributed by atoms with Crippen LogP contribution in [-0.4, -0.2) is 36.5 Å². The molecule has 2 heterocycles. The van der Waals surface area contributed by atoms with Gasteiger partial charge in [0.15, 0.2) is 0 Å². The molecule has 1 aliphatic carbocycles. The molecule has 3 atom stereocenters. The van der Waals surface area contributed by atoms with Crippen LogP contribution in [0.4, 0.5) is 0 Å². The van der Waals surface area contributed by atoms with Crippen molar-refractivity contribution in [2.75, 3.05) is 19.6 Å². The molecule has 3 aliphatic rings. The molecule has 0 bridgehead atoms. The molecule has 0 aromatic heterocycles. The number of fused-ring (bicyclic) bond motifs is 1. The van der Waals surface area contributed by atoms with E-state index in [0.29, 0.717) is 17.9 Å². The quantitative estimate of drug-likeness (QED) is 0.790. The monoisotopic (exact) mass is 236 g/mol. The van der Waals surface area contributed by atoms with Gasteiger partial charge >= 0.3 is 0 Å². The lowest BCUT2D eigenvalue weighted by Crippen LogP contribution is -2.54. The minimum Gasteiger partial charge on any atom is -0.339 e. The van der Waals surface area contributed by atoms with Crippen molar-refractivity contribution in [1.82, 2.24) is 10.2 Å².